The van der Waals surface area contributed by atoms with Gasteiger partial charge in [0.2, 0.25) is 0 Å². The zero-order valence-corrected chi connectivity index (χ0v) is 16.0. The van der Waals surface area contributed by atoms with Crippen molar-refractivity contribution in [2.75, 3.05) is 0 Å². The summed E-state index contributed by atoms with van der Waals surface area (Å²) in [6, 6.07) is 0. The highest BCUT2D eigenvalue weighted by Crippen LogP contribution is 2.28. The van der Waals surface area contributed by atoms with Crippen molar-refractivity contribution >= 4 is 0 Å². The second-order valence-electron chi connectivity index (χ2n) is 7.13. The third-order valence-electron chi connectivity index (χ3n) is 4.74. The SMILES string of the molecule is C=C(C)C(=C)CCCC.C=CCC(=C)CCCC1CCCCC1. The Bertz CT molecular complexity index is 352. The summed E-state index contributed by atoms with van der Waals surface area (Å²) in [5.74, 6) is 1.03. The summed E-state index contributed by atoms with van der Waals surface area (Å²) in [6.07, 6.45) is 17.9. The van der Waals surface area contributed by atoms with Gasteiger partial charge in [0.25, 0.3) is 0 Å². The fourth-order valence-corrected chi connectivity index (χ4v) is 3.03. The molecule has 0 aromatic carbocycles. The molecule has 1 saturated carbocycles. The van der Waals surface area contributed by atoms with Crippen LogP contribution in [0, 0.1) is 5.92 Å². The smallest absolute Gasteiger partial charge is 0.0144 e. The Morgan fingerprint density at radius 2 is 1.65 bits per heavy atom. The normalized spacial score (nSPS) is 14.5. The Kier molecular flexibility index (Phi) is 13.9. The van der Waals surface area contributed by atoms with Gasteiger partial charge in [0.1, 0.15) is 0 Å². The minimum absolute atomic E-state index is 1.00. The van der Waals surface area contributed by atoms with E-state index in [1.54, 1.807) is 0 Å². The molecule has 0 heterocycles. The van der Waals surface area contributed by atoms with E-state index in [0.29, 0.717) is 0 Å². The molecule has 0 amide bonds. The molecule has 132 valence electrons. The summed E-state index contributed by atoms with van der Waals surface area (Å²) in [5, 5.41) is 0. The minimum atomic E-state index is 1.00. The molecule has 0 bridgehead atoms. The lowest BCUT2D eigenvalue weighted by Gasteiger charge is -2.21. The molecule has 0 aromatic rings. The Balaban J connectivity index is 0.000000468. The molecule has 0 saturated heterocycles. The third-order valence-corrected chi connectivity index (χ3v) is 4.74. The molecule has 0 aliphatic heterocycles. The molecule has 23 heavy (non-hydrogen) atoms. The second-order valence-corrected chi connectivity index (χ2v) is 7.13. The highest BCUT2D eigenvalue weighted by Gasteiger charge is 2.12. The first-order chi connectivity index (χ1) is 11.0. The van der Waals surface area contributed by atoms with Crippen LogP contribution in [-0.4, -0.2) is 0 Å². The Hall–Kier alpha value is -1.04. The van der Waals surface area contributed by atoms with E-state index < -0.39 is 0 Å². The van der Waals surface area contributed by atoms with E-state index in [1.807, 2.05) is 13.0 Å². The van der Waals surface area contributed by atoms with Crippen molar-refractivity contribution in [1.29, 1.82) is 0 Å². The molecule has 0 unspecified atom stereocenters. The van der Waals surface area contributed by atoms with Crippen LogP contribution in [0.1, 0.15) is 90.9 Å². The van der Waals surface area contributed by atoms with Gasteiger partial charge < -0.3 is 0 Å². The molecule has 1 fully saturated rings. The molecular formula is C23H40. The number of unbranched alkanes of at least 4 members (excludes halogenated alkanes) is 1. The van der Waals surface area contributed by atoms with E-state index in [1.165, 1.54) is 75.4 Å². The molecular weight excluding hydrogens is 276 g/mol. The Morgan fingerprint density at radius 3 is 2.17 bits per heavy atom. The van der Waals surface area contributed by atoms with Crippen LogP contribution in [0.3, 0.4) is 0 Å². The quantitative estimate of drug-likeness (QED) is 0.281. The van der Waals surface area contributed by atoms with E-state index >= 15 is 0 Å². The van der Waals surface area contributed by atoms with Crippen LogP contribution in [-0.2, 0) is 0 Å². The van der Waals surface area contributed by atoms with Gasteiger partial charge in [0, 0.05) is 0 Å². The lowest BCUT2D eigenvalue weighted by Crippen LogP contribution is -2.05. The van der Waals surface area contributed by atoms with Crippen LogP contribution in [0.5, 0.6) is 0 Å². The van der Waals surface area contributed by atoms with Gasteiger partial charge in [0.15, 0.2) is 0 Å². The van der Waals surface area contributed by atoms with E-state index in [0.717, 1.165) is 24.3 Å². The second kappa shape index (κ2) is 14.5. The fraction of sp³-hybridized carbons (Fsp3) is 0.652. The van der Waals surface area contributed by atoms with Gasteiger partial charge in [-0.2, -0.15) is 0 Å². The summed E-state index contributed by atoms with van der Waals surface area (Å²) in [7, 11) is 0. The number of hydrogen-bond donors (Lipinski definition) is 0. The molecule has 0 heteroatoms. The van der Waals surface area contributed by atoms with Crippen molar-refractivity contribution in [3.8, 4) is 0 Å². The van der Waals surface area contributed by atoms with Gasteiger partial charge in [-0.3, -0.25) is 0 Å². The summed E-state index contributed by atoms with van der Waals surface area (Å²) >= 11 is 0. The van der Waals surface area contributed by atoms with Crippen LogP contribution in [0.25, 0.3) is 0 Å². The lowest BCUT2D eigenvalue weighted by atomic mass is 9.85. The predicted octanol–water partition coefficient (Wildman–Crippen LogP) is 8.18. The molecule has 0 radical (unpaired) electrons. The van der Waals surface area contributed by atoms with Gasteiger partial charge in [-0.25, -0.2) is 0 Å². The molecule has 0 atom stereocenters. The fourth-order valence-electron chi connectivity index (χ4n) is 3.03. The van der Waals surface area contributed by atoms with Crippen molar-refractivity contribution in [2.24, 2.45) is 5.92 Å². The number of allylic oxidation sites excluding steroid dienone is 4. The van der Waals surface area contributed by atoms with Crippen LogP contribution in [0.2, 0.25) is 0 Å². The number of hydrogen-bond acceptors (Lipinski definition) is 0. The first-order valence-electron chi connectivity index (χ1n) is 9.62. The van der Waals surface area contributed by atoms with Gasteiger partial charge in [-0.15, -0.1) is 6.58 Å². The maximum atomic E-state index is 4.06. The molecule has 1 aliphatic carbocycles. The van der Waals surface area contributed by atoms with Crippen molar-refractivity contribution in [1.82, 2.24) is 0 Å². The molecule has 0 spiro atoms. The van der Waals surface area contributed by atoms with Gasteiger partial charge in [-0.1, -0.05) is 94.4 Å². The van der Waals surface area contributed by atoms with Crippen LogP contribution in [0.4, 0.5) is 0 Å². The Labute approximate surface area is 146 Å². The standard InChI is InChI=1S/C14H24.C9H16/c1-3-8-13(2)9-7-12-14-10-5-4-6-11-14;1-5-6-7-9(4)8(2)3/h3,14H,1-2,4-12H2;2,4-7H2,1,3H3. The highest BCUT2D eigenvalue weighted by atomic mass is 14.2. The van der Waals surface area contributed by atoms with E-state index in [2.05, 4.69) is 33.2 Å². The van der Waals surface area contributed by atoms with Crippen molar-refractivity contribution < 1.29 is 0 Å². The zero-order chi connectivity index (χ0) is 17.5. The van der Waals surface area contributed by atoms with Gasteiger partial charge in [0.05, 0.1) is 0 Å². The molecule has 1 rings (SSSR count). The molecule has 0 aromatic heterocycles. The Morgan fingerprint density at radius 1 is 1.00 bits per heavy atom. The third kappa shape index (κ3) is 13.1. The highest BCUT2D eigenvalue weighted by molar-refractivity contribution is 5.22. The van der Waals surface area contributed by atoms with Crippen LogP contribution in [0.15, 0.2) is 49.1 Å². The monoisotopic (exact) mass is 316 g/mol. The molecule has 0 nitrogen and oxygen atoms in total. The maximum Gasteiger partial charge on any atom is -0.0144 e. The summed E-state index contributed by atoms with van der Waals surface area (Å²) < 4.78 is 0. The first kappa shape index (κ1) is 22.0. The van der Waals surface area contributed by atoms with Gasteiger partial charge >= 0.3 is 0 Å². The maximum absolute atomic E-state index is 4.06. The van der Waals surface area contributed by atoms with Crippen molar-refractivity contribution in [2.45, 2.75) is 90.9 Å². The summed E-state index contributed by atoms with van der Waals surface area (Å²) in [5.41, 5.74) is 3.69. The lowest BCUT2D eigenvalue weighted by molar-refractivity contribution is 0.332. The average molecular weight is 317 g/mol. The van der Waals surface area contributed by atoms with Crippen molar-refractivity contribution in [3.05, 3.63) is 49.1 Å². The van der Waals surface area contributed by atoms with E-state index in [9.17, 15) is 0 Å². The topological polar surface area (TPSA) is 0 Å². The summed E-state index contributed by atoms with van der Waals surface area (Å²) in [6.45, 7) is 19.7. The zero-order valence-electron chi connectivity index (χ0n) is 16.0. The largest absolute Gasteiger partial charge is 0.103 e. The van der Waals surface area contributed by atoms with Crippen LogP contribution >= 0.6 is 0 Å². The first-order valence-corrected chi connectivity index (χ1v) is 9.62. The van der Waals surface area contributed by atoms with Gasteiger partial charge in [-0.05, 0) is 44.9 Å². The van der Waals surface area contributed by atoms with Crippen LogP contribution < -0.4 is 0 Å². The van der Waals surface area contributed by atoms with Crippen molar-refractivity contribution in [3.63, 3.8) is 0 Å². The molecule has 1 aliphatic rings. The molecule has 0 N–H and O–H groups in total. The van der Waals surface area contributed by atoms with E-state index in [4.69, 9.17) is 0 Å². The minimum Gasteiger partial charge on any atom is -0.103 e. The van der Waals surface area contributed by atoms with E-state index in [-0.39, 0.29) is 0 Å². The predicted molar refractivity (Wildman–Crippen MR) is 108 cm³/mol. The summed E-state index contributed by atoms with van der Waals surface area (Å²) in [4.78, 5) is 0. The average Bonchev–Trinajstić information content (AvgIpc) is 2.54. The number of rotatable bonds is 10.